The van der Waals surface area contributed by atoms with Gasteiger partial charge in [0.25, 0.3) is 0 Å². The third-order valence-electron chi connectivity index (χ3n) is 2.14. The van der Waals surface area contributed by atoms with Crippen LogP contribution in [-0.4, -0.2) is 39.0 Å². The van der Waals surface area contributed by atoms with Gasteiger partial charge in [-0.05, 0) is 6.92 Å². The Hall–Kier alpha value is -1.57. The lowest BCUT2D eigenvalue weighted by atomic mass is 10.3. The van der Waals surface area contributed by atoms with Gasteiger partial charge in [0.15, 0.2) is 5.16 Å². The van der Waals surface area contributed by atoms with Crippen LogP contribution in [-0.2, 0) is 27.8 Å². The molecular formula is C10H16N4O3S. The maximum Gasteiger partial charge on any atom is 0.316 e. The van der Waals surface area contributed by atoms with E-state index in [0.717, 1.165) is 0 Å². The van der Waals surface area contributed by atoms with Crippen molar-refractivity contribution in [3.8, 4) is 0 Å². The molecule has 0 bridgehead atoms. The first-order chi connectivity index (χ1) is 8.54. The summed E-state index contributed by atoms with van der Waals surface area (Å²) >= 11 is 1.25. The van der Waals surface area contributed by atoms with E-state index in [2.05, 4.69) is 10.2 Å². The number of rotatable bonds is 7. The molecule has 0 radical (unpaired) electrons. The molecule has 0 saturated carbocycles. The summed E-state index contributed by atoms with van der Waals surface area (Å²) < 4.78 is 6.55. The molecule has 1 rings (SSSR count). The van der Waals surface area contributed by atoms with E-state index in [-0.39, 0.29) is 24.1 Å². The van der Waals surface area contributed by atoms with Gasteiger partial charge >= 0.3 is 5.97 Å². The minimum Gasteiger partial charge on any atom is -0.465 e. The predicted molar refractivity (Wildman–Crippen MR) is 65.9 cm³/mol. The van der Waals surface area contributed by atoms with Crippen LogP contribution in [0, 0.1) is 0 Å². The third kappa shape index (κ3) is 4.36. The highest BCUT2D eigenvalue weighted by atomic mass is 32.2. The maximum absolute atomic E-state index is 11.2. The summed E-state index contributed by atoms with van der Waals surface area (Å²) in [5.74, 6) is 0.193. The molecule has 2 N–H and O–H groups in total. The van der Waals surface area contributed by atoms with Crippen molar-refractivity contribution in [1.29, 1.82) is 0 Å². The molecule has 0 fully saturated rings. The number of ether oxygens (including phenoxy) is 1. The lowest BCUT2D eigenvalue weighted by Gasteiger charge is -2.03. The van der Waals surface area contributed by atoms with Gasteiger partial charge in [0.2, 0.25) is 5.91 Å². The molecule has 8 heteroatoms. The Morgan fingerprint density at radius 1 is 1.44 bits per heavy atom. The number of carbonyl (C=O) groups excluding carboxylic acids is 2. The van der Waals surface area contributed by atoms with E-state index in [1.54, 1.807) is 18.5 Å². The number of esters is 1. The van der Waals surface area contributed by atoms with Crippen LogP contribution in [0.25, 0.3) is 0 Å². The Bertz CT molecular complexity index is 433. The molecule has 0 unspecified atom stereocenters. The first-order valence-corrected chi connectivity index (χ1v) is 6.48. The van der Waals surface area contributed by atoms with Crippen molar-refractivity contribution in [3.05, 3.63) is 5.82 Å². The number of thioether (sulfide) groups is 1. The lowest BCUT2D eigenvalue weighted by molar-refractivity contribution is -0.139. The van der Waals surface area contributed by atoms with Crippen LogP contribution in [0.5, 0.6) is 0 Å². The minimum absolute atomic E-state index is 0.190. The Labute approximate surface area is 109 Å². The molecule has 18 heavy (non-hydrogen) atoms. The summed E-state index contributed by atoms with van der Waals surface area (Å²) in [6.45, 7) is 2.12. The molecule has 1 aromatic heterocycles. The Balaban J connectivity index is 2.52. The number of aromatic nitrogens is 3. The van der Waals surface area contributed by atoms with E-state index in [1.807, 2.05) is 0 Å². The number of nitrogens with two attached hydrogens (primary N) is 1. The average molecular weight is 272 g/mol. The summed E-state index contributed by atoms with van der Waals surface area (Å²) in [5, 5.41) is 8.50. The molecule has 100 valence electrons. The van der Waals surface area contributed by atoms with Crippen molar-refractivity contribution in [3.63, 3.8) is 0 Å². The van der Waals surface area contributed by atoms with Gasteiger partial charge in [0.1, 0.15) is 5.82 Å². The van der Waals surface area contributed by atoms with E-state index >= 15 is 0 Å². The van der Waals surface area contributed by atoms with Crippen molar-refractivity contribution in [2.24, 2.45) is 12.8 Å². The maximum atomic E-state index is 11.2. The van der Waals surface area contributed by atoms with E-state index in [9.17, 15) is 9.59 Å². The second kappa shape index (κ2) is 7.00. The summed E-state index contributed by atoms with van der Waals surface area (Å²) in [5.41, 5.74) is 5.07. The molecule has 1 amide bonds. The van der Waals surface area contributed by atoms with Crippen LogP contribution in [0.4, 0.5) is 0 Å². The largest absolute Gasteiger partial charge is 0.465 e. The van der Waals surface area contributed by atoms with Crippen molar-refractivity contribution >= 4 is 23.6 Å². The van der Waals surface area contributed by atoms with Gasteiger partial charge in [0, 0.05) is 19.9 Å². The molecule has 1 aromatic rings. The molecule has 1 heterocycles. The SMILES string of the molecule is CCOC(=O)CSc1nnc(CCC(N)=O)n1C. The summed E-state index contributed by atoms with van der Waals surface area (Å²) in [7, 11) is 1.78. The highest BCUT2D eigenvalue weighted by Gasteiger charge is 2.12. The van der Waals surface area contributed by atoms with Crippen molar-refractivity contribution in [2.75, 3.05) is 12.4 Å². The smallest absolute Gasteiger partial charge is 0.316 e. The molecule has 0 atom stereocenters. The fraction of sp³-hybridized carbons (Fsp3) is 0.600. The first-order valence-electron chi connectivity index (χ1n) is 5.49. The van der Waals surface area contributed by atoms with Crippen LogP contribution in [0.2, 0.25) is 0 Å². The highest BCUT2D eigenvalue weighted by Crippen LogP contribution is 2.16. The van der Waals surface area contributed by atoms with Crippen molar-refractivity contribution < 1.29 is 14.3 Å². The van der Waals surface area contributed by atoms with Gasteiger partial charge in [-0.1, -0.05) is 11.8 Å². The highest BCUT2D eigenvalue weighted by molar-refractivity contribution is 7.99. The molecular weight excluding hydrogens is 256 g/mol. The molecule has 7 nitrogen and oxygen atoms in total. The van der Waals surface area contributed by atoms with Crippen LogP contribution < -0.4 is 5.73 Å². The third-order valence-corrected chi connectivity index (χ3v) is 3.14. The molecule has 0 spiro atoms. The van der Waals surface area contributed by atoms with Gasteiger partial charge in [-0.3, -0.25) is 9.59 Å². The van der Waals surface area contributed by atoms with Crippen molar-refractivity contribution in [1.82, 2.24) is 14.8 Å². The van der Waals surface area contributed by atoms with Gasteiger partial charge in [-0.25, -0.2) is 0 Å². The van der Waals surface area contributed by atoms with E-state index in [1.165, 1.54) is 11.8 Å². The van der Waals surface area contributed by atoms with Gasteiger partial charge < -0.3 is 15.0 Å². The predicted octanol–water partition coefficient (Wildman–Crippen LogP) is -0.112. The van der Waals surface area contributed by atoms with E-state index in [4.69, 9.17) is 10.5 Å². The molecule has 0 aromatic carbocycles. The second-order valence-electron chi connectivity index (χ2n) is 3.52. The topological polar surface area (TPSA) is 100 Å². The van der Waals surface area contributed by atoms with Crippen LogP contribution in [0.3, 0.4) is 0 Å². The van der Waals surface area contributed by atoms with Gasteiger partial charge in [-0.2, -0.15) is 0 Å². The van der Waals surface area contributed by atoms with Crippen LogP contribution in [0.1, 0.15) is 19.2 Å². The summed E-state index contributed by atoms with van der Waals surface area (Å²) in [6.07, 6.45) is 0.674. The molecule has 0 saturated heterocycles. The Morgan fingerprint density at radius 3 is 2.78 bits per heavy atom. The van der Waals surface area contributed by atoms with Gasteiger partial charge in [-0.15, -0.1) is 10.2 Å². The zero-order valence-corrected chi connectivity index (χ0v) is 11.2. The van der Waals surface area contributed by atoms with Crippen LogP contribution >= 0.6 is 11.8 Å². The fourth-order valence-electron chi connectivity index (χ4n) is 1.25. The monoisotopic (exact) mass is 272 g/mol. The number of carbonyl (C=O) groups is 2. The quantitative estimate of drug-likeness (QED) is 0.549. The second-order valence-corrected chi connectivity index (χ2v) is 4.46. The first kappa shape index (κ1) is 14.5. The Kier molecular flexibility index (Phi) is 5.63. The Morgan fingerprint density at radius 2 is 2.17 bits per heavy atom. The number of aryl methyl sites for hydroxylation is 1. The normalized spacial score (nSPS) is 10.3. The standard InChI is InChI=1S/C10H16N4O3S/c1-3-17-9(16)6-18-10-13-12-8(14(10)2)5-4-7(11)15/h3-6H2,1-2H3,(H2,11,15). The average Bonchev–Trinajstić information content (AvgIpc) is 2.65. The summed E-state index contributed by atoms with van der Waals surface area (Å²) in [4.78, 5) is 21.9. The van der Waals surface area contributed by atoms with E-state index in [0.29, 0.717) is 24.0 Å². The number of nitrogens with zero attached hydrogens (tertiary/aromatic N) is 3. The zero-order valence-electron chi connectivity index (χ0n) is 10.4. The molecule has 0 aliphatic rings. The fourth-order valence-corrected chi connectivity index (χ4v) is 1.98. The number of hydrogen-bond donors (Lipinski definition) is 1. The molecule has 0 aliphatic heterocycles. The minimum atomic E-state index is -0.376. The van der Waals surface area contributed by atoms with E-state index < -0.39 is 0 Å². The van der Waals surface area contributed by atoms with Gasteiger partial charge in [0.05, 0.1) is 12.4 Å². The number of amides is 1. The van der Waals surface area contributed by atoms with Crippen molar-refractivity contribution in [2.45, 2.75) is 24.9 Å². The summed E-state index contributed by atoms with van der Waals surface area (Å²) in [6, 6.07) is 0. The molecule has 0 aliphatic carbocycles. The lowest BCUT2D eigenvalue weighted by Crippen LogP contribution is -2.13. The zero-order chi connectivity index (χ0) is 13.5. The van der Waals surface area contributed by atoms with Crippen LogP contribution in [0.15, 0.2) is 5.16 Å². The number of primary amides is 1. The number of hydrogen-bond acceptors (Lipinski definition) is 6.